The predicted molar refractivity (Wildman–Crippen MR) is 133 cm³/mol. The number of benzene rings is 3. The van der Waals surface area contributed by atoms with Gasteiger partial charge in [0.05, 0.1) is 11.7 Å². The van der Waals surface area contributed by atoms with Crippen LogP contribution in [0.4, 0.5) is 8.78 Å². The second-order valence-corrected chi connectivity index (χ2v) is 9.39. The van der Waals surface area contributed by atoms with Crippen molar-refractivity contribution in [3.63, 3.8) is 0 Å². The van der Waals surface area contributed by atoms with Crippen molar-refractivity contribution in [3.8, 4) is 17.2 Å². The molecule has 182 valence electrons. The SMILES string of the molecule is CC1=C(c2ccc(F)cc2)[C@H](c2ccc(OCCN3CC(CF)C3)cc2)Oc2ccc(O)c(Cl)c21. The molecule has 0 aliphatic carbocycles. The number of fused-ring (bicyclic) bond motifs is 1. The third-order valence-corrected chi connectivity index (χ3v) is 7.02. The van der Waals surface area contributed by atoms with Gasteiger partial charge in [-0.05, 0) is 60.0 Å². The second-order valence-electron chi connectivity index (χ2n) is 9.01. The maximum atomic E-state index is 13.7. The number of hydrogen-bond donors (Lipinski definition) is 1. The normalized spacial score (nSPS) is 18.1. The zero-order valence-corrected chi connectivity index (χ0v) is 20.1. The number of hydrogen-bond acceptors (Lipinski definition) is 4. The monoisotopic (exact) mass is 497 g/mol. The van der Waals surface area contributed by atoms with E-state index in [0.29, 0.717) is 17.9 Å². The molecule has 1 fully saturated rings. The molecule has 0 spiro atoms. The van der Waals surface area contributed by atoms with E-state index >= 15 is 0 Å². The molecule has 7 heteroatoms. The summed E-state index contributed by atoms with van der Waals surface area (Å²) < 4.78 is 38.5. The third kappa shape index (κ3) is 4.73. The van der Waals surface area contributed by atoms with Gasteiger partial charge in [-0.1, -0.05) is 35.9 Å². The molecule has 1 N–H and O–H groups in total. The molecule has 0 radical (unpaired) electrons. The van der Waals surface area contributed by atoms with E-state index in [9.17, 15) is 13.9 Å². The molecule has 0 aromatic heterocycles. The molecule has 3 aromatic rings. The first-order chi connectivity index (χ1) is 16.9. The number of alkyl halides is 1. The summed E-state index contributed by atoms with van der Waals surface area (Å²) in [7, 11) is 0. The Bertz CT molecular complexity index is 1240. The summed E-state index contributed by atoms with van der Waals surface area (Å²) in [4.78, 5) is 2.18. The molecule has 1 atom stereocenters. The number of aromatic hydroxyl groups is 1. The first-order valence-corrected chi connectivity index (χ1v) is 12.0. The van der Waals surface area contributed by atoms with Crippen LogP contribution in [-0.2, 0) is 0 Å². The van der Waals surface area contributed by atoms with Gasteiger partial charge in [0.2, 0.25) is 0 Å². The van der Waals surface area contributed by atoms with Gasteiger partial charge < -0.3 is 14.6 Å². The first kappa shape index (κ1) is 23.6. The zero-order chi connectivity index (χ0) is 24.5. The van der Waals surface area contributed by atoms with Crippen LogP contribution in [0.1, 0.15) is 29.7 Å². The maximum absolute atomic E-state index is 13.7. The molecule has 2 aliphatic heterocycles. The van der Waals surface area contributed by atoms with Crippen molar-refractivity contribution in [2.75, 3.05) is 32.9 Å². The lowest BCUT2D eigenvalue weighted by Crippen LogP contribution is -2.49. The highest BCUT2D eigenvalue weighted by atomic mass is 35.5. The minimum atomic E-state index is -0.457. The van der Waals surface area contributed by atoms with Crippen molar-refractivity contribution in [1.82, 2.24) is 4.90 Å². The lowest BCUT2D eigenvalue weighted by molar-refractivity contribution is 0.0668. The van der Waals surface area contributed by atoms with Crippen LogP contribution in [-0.4, -0.2) is 42.9 Å². The number of likely N-dealkylation sites (tertiary alicyclic amines) is 1. The summed E-state index contributed by atoms with van der Waals surface area (Å²) >= 11 is 6.44. The van der Waals surface area contributed by atoms with Gasteiger partial charge in [0.1, 0.15) is 35.8 Å². The Balaban J connectivity index is 1.40. The van der Waals surface area contributed by atoms with Gasteiger partial charge in [0, 0.05) is 36.7 Å². The first-order valence-electron chi connectivity index (χ1n) is 11.6. The molecular formula is C28H26ClF2NO3. The van der Waals surface area contributed by atoms with Crippen LogP contribution in [0.15, 0.2) is 60.7 Å². The Labute approximate surface area is 208 Å². The van der Waals surface area contributed by atoms with Crippen LogP contribution in [0.5, 0.6) is 17.2 Å². The van der Waals surface area contributed by atoms with Gasteiger partial charge in [-0.2, -0.15) is 0 Å². The number of halogens is 3. The third-order valence-electron chi connectivity index (χ3n) is 6.63. The van der Waals surface area contributed by atoms with E-state index in [1.54, 1.807) is 18.2 Å². The molecule has 1 saturated heterocycles. The molecule has 0 bridgehead atoms. The van der Waals surface area contributed by atoms with Crippen LogP contribution in [0.2, 0.25) is 5.02 Å². The van der Waals surface area contributed by atoms with Gasteiger partial charge in [-0.25, -0.2) is 4.39 Å². The van der Waals surface area contributed by atoms with Crippen molar-refractivity contribution >= 4 is 22.7 Å². The summed E-state index contributed by atoms with van der Waals surface area (Å²) in [5, 5.41) is 10.4. The van der Waals surface area contributed by atoms with Gasteiger partial charge in [0.15, 0.2) is 0 Å². The minimum absolute atomic E-state index is 0.0229. The molecule has 0 unspecified atom stereocenters. The van der Waals surface area contributed by atoms with E-state index < -0.39 is 6.10 Å². The molecule has 5 rings (SSSR count). The van der Waals surface area contributed by atoms with Gasteiger partial charge in [-0.3, -0.25) is 9.29 Å². The Kier molecular flexibility index (Phi) is 6.67. The Morgan fingerprint density at radius 2 is 1.77 bits per heavy atom. The summed E-state index contributed by atoms with van der Waals surface area (Å²) in [6, 6.07) is 17.2. The summed E-state index contributed by atoms with van der Waals surface area (Å²) in [5.74, 6) is 1.13. The fraction of sp³-hybridized carbons (Fsp3) is 0.286. The van der Waals surface area contributed by atoms with Crippen molar-refractivity contribution in [3.05, 3.63) is 88.2 Å². The highest BCUT2D eigenvalue weighted by Gasteiger charge is 2.31. The van der Waals surface area contributed by atoms with E-state index in [1.807, 2.05) is 31.2 Å². The maximum Gasteiger partial charge on any atom is 0.150 e. The topological polar surface area (TPSA) is 41.9 Å². The van der Waals surface area contributed by atoms with Crippen molar-refractivity contribution in [1.29, 1.82) is 0 Å². The van der Waals surface area contributed by atoms with Crippen LogP contribution in [0, 0.1) is 11.7 Å². The van der Waals surface area contributed by atoms with Crippen molar-refractivity contribution < 1.29 is 23.4 Å². The van der Waals surface area contributed by atoms with Crippen molar-refractivity contribution in [2.24, 2.45) is 5.92 Å². The fourth-order valence-corrected chi connectivity index (χ4v) is 5.03. The number of phenols is 1. The van der Waals surface area contributed by atoms with E-state index in [1.165, 1.54) is 18.2 Å². The van der Waals surface area contributed by atoms with E-state index in [2.05, 4.69) is 4.90 Å². The molecule has 4 nitrogen and oxygen atoms in total. The van der Waals surface area contributed by atoms with Crippen LogP contribution in [0.25, 0.3) is 11.1 Å². The molecular weight excluding hydrogens is 472 g/mol. The Morgan fingerprint density at radius 1 is 1.06 bits per heavy atom. The lowest BCUT2D eigenvalue weighted by atomic mass is 9.86. The highest BCUT2D eigenvalue weighted by Crippen LogP contribution is 2.50. The number of nitrogens with zero attached hydrogens (tertiary/aromatic N) is 1. The Hall–Kier alpha value is -3.09. The van der Waals surface area contributed by atoms with Gasteiger partial charge in [0.25, 0.3) is 0 Å². The average Bonchev–Trinajstić information content (AvgIpc) is 2.84. The van der Waals surface area contributed by atoms with E-state index in [4.69, 9.17) is 21.1 Å². The highest BCUT2D eigenvalue weighted by molar-refractivity contribution is 6.34. The summed E-state index contributed by atoms with van der Waals surface area (Å²) in [6.45, 7) is 4.56. The number of ether oxygens (including phenoxy) is 2. The molecule has 35 heavy (non-hydrogen) atoms. The molecule has 3 aromatic carbocycles. The molecule has 2 aliphatic rings. The standard InChI is InChI=1S/C28H26ClF2NO3/c1-17-25(19-2-6-21(31)7-3-19)28(35-24-11-10-23(33)27(29)26(17)24)20-4-8-22(9-5-20)34-13-12-32-15-18(14-30)16-32/h2-11,18,28,33H,12-16H2,1H3/t28-/m0/s1. The zero-order valence-electron chi connectivity index (χ0n) is 19.3. The summed E-state index contributed by atoms with van der Waals surface area (Å²) in [5.41, 5.74) is 4.03. The van der Waals surface area contributed by atoms with Crippen LogP contribution >= 0.6 is 11.6 Å². The smallest absolute Gasteiger partial charge is 0.150 e. The predicted octanol–water partition coefficient (Wildman–Crippen LogP) is 6.53. The summed E-state index contributed by atoms with van der Waals surface area (Å²) in [6.07, 6.45) is -0.457. The van der Waals surface area contributed by atoms with E-state index in [-0.39, 0.29) is 29.2 Å². The number of rotatable bonds is 7. The van der Waals surface area contributed by atoms with Gasteiger partial charge in [-0.15, -0.1) is 0 Å². The molecule has 0 saturated carbocycles. The average molecular weight is 498 g/mol. The van der Waals surface area contributed by atoms with Crippen LogP contribution in [0.3, 0.4) is 0 Å². The minimum Gasteiger partial charge on any atom is -0.506 e. The fourth-order valence-electron chi connectivity index (χ4n) is 4.73. The van der Waals surface area contributed by atoms with Crippen LogP contribution < -0.4 is 9.47 Å². The van der Waals surface area contributed by atoms with Gasteiger partial charge >= 0.3 is 0 Å². The van der Waals surface area contributed by atoms with E-state index in [0.717, 1.165) is 47.7 Å². The number of phenolic OH excluding ortho intramolecular Hbond substituents is 1. The quantitative estimate of drug-likeness (QED) is 0.403. The Morgan fingerprint density at radius 3 is 2.46 bits per heavy atom. The largest absolute Gasteiger partial charge is 0.506 e. The van der Waals surface area contributed by atoms with Crippen molar-refractivity contribution in [2.45, 2.75) is 13.0 Å². The second kappa shape index (κ2) is 9.88. The lowest BCUT2D eigenvalue weighted by Gasteiger charge is -2.37. The molecule has 0 amide bonds. The molecule has 2 heterocycles. The number of allylic oxidation sites excluding steroid dienone is 1.